The first-order valence-electron chi connectivity index (χ1n) is 5.84. The van der Waals surface area contributed by atoms with E-state index in [4.69, 9.17) is 22.1 Å². The highest BCUT2D eigenvalue weighted by atomic mass is 35.5. The molecular weight excluding hydrogens is 268 g/mol. The maximum atomic E-state index is 11.4. The number of rotatable bonds is 6. The molecule has 5 nitrogen and oxygen atoms in total. The third-order valence-electron chi connectivity index (χ3n) is 2.47. The molecular formula is C13H17ClN2O3. The summed E-state index contributed by atoms with van der Waals surface area (Å²) in [6.45, 7) is 3.85. The maximum absolute atomic E-state index is 11.4. The summed E-state index contributed by atoms with van der Waals surface area (Å²) in [4.78, 5) is 21.9. The number of halogens is 1. The first-order chi connectivity index (χ1) is 8.90. The second-order valence-corrected chi connectivity index (χ2v) is 4.60. The lowest BCUT2D eigenvalue weighted by Gasteiger charge is -2.10. The number of carbonyl (C=O) groups is 2. The van der Waals surface area contributed by atoms with Gasteiger partial charge in [-0.1, -0.05) is 11.6 Å². The molecule has 0 fully saturated rings. The molecule has 0 heterocycles. The Morgan fingerprint density at radius 2 is 1.89 bits per heavy atom. The van der Waals surface area contributed by atoms with Crippen LogP contribution in [0.3, 0.4) is 0 Å². The SMILES string of the molecule is Cc1cc(OCC(=O)NCCC(N)=O)cc(C)c1Cl. The highest BCUT2D eigenvalue weighted by molar-refractivity contribution is 6.32. The minimum Gasteiger partial charge on any atom is -0.484 e. The molecule has 2 amide bonds. The normalized spacial score (nSPS) is 10.1. The number of primary amides is 1. The van der Waals surface area contributed by atoms with E-state index in [2.05, 4.69) is 5.32 Å². The first kappa shape index (κ1) is 15.3. The van der Waals surface area contributed by atoms with E-state index in [0.29, 0.717) is 10.8 Å². The molecule has 1 rings (SSSR count). The highest BCUT2D eigenvalue weighted by Gasteiger charge is 2.06. The van der Waals surface area contributed by atoms with Gasteiger partial charge in [0.15, 0.2) is 6.61 Å². The van der Waals surface area contributed by atoms with Crippen molar-refractivity contribution in [2.24, 2.45) is 5.73 Å². The van der Waals surface area contributed by atoms with E-state index in [1.54, 1.807) is 12.1 Å². The Hall–Kier alpha value is -1.75. The lowest BCUT2D eigenvalue weighted by Crippen LogP contribution is -2.31. The van der Waals surface area contributed by atoms with Gasteiger partial charge in [0.25, 0.3) is 5.91 Å². The Labute approximate surface area is 117 Å². The first-order valence-corrected chi connectivity index (χ1v) is 6.22. The number of benzene rings is 1. The molecule has 19 heavy (non-hydrogen) atoms. The number of nitrogens with one attached hydrogen (secondary N) is 1. The summed E-state index contributed by atoms with van der Waals surface area (Å²) in [6, 6.07) is 3.54. The van der Waals surface area contributed by atoms with Crippen LogP contribution in [0.2, 0.25) is 5.02 Å². The van der Waals surface area contributed by atoms with Crippen LogP contribution in [-0.2, 0) is 9.59 Å². The summed E-state index contributed by atoms with van der Waals surface area (Å²) in [6.07, 6.45) is 0.116. The third-order valence-corrected chi connectivity index (χ3v) is 3.07. The van der Waals surface area contributed by atoms with Crippen molar-refractivity contribution >= 4 is 23.4 Å². The van der Waals surface area contributed by atoms with Crippen LogP contribution >= 0.6 is 11.6 Å². The Morgan fingerprint density at radius 1 is 1.32 bits per heavy atom. The molecule has 104 valence electrons. The minimum absolute atomic E-state index is 0.112. The van der Waals surface area contributed by atoms with Gasteiger partial charge in [-0.3, -0.25) is 9.59 Å². The van der Waals surface area contributed by atoms with Gasteiger partial charge in [0, 0.05) is 18.0 Å². The zero-order chi connectivity index (χ0) is 14.4. The van der Waals surface area contributed by atoms with Crippen LogP contribution in [-0.4, -0.2) is 25.0 Å². The zero-order valence-corrected chi connectivity index (χ0v) is 11.7. The van der Waals surface area contributed by atoms with Crippen LogP contribution in [0, 0.1) is 13.8 Å². The van der Waals surface area contributed by atoms with Crippen LogP contribution in [0.1, 0.15) is 17.5 Å². The molecule has 1 aromatic rings. The van der Waals surface area contributed by atoms with Gasteiger partial charge in [0.2, 0.25) is 5.91 Å². The van der Waals surface area contributed by atoms with Crippen molar-refractivity contribution in [2.45, 2.75) is 20.3 Å². The van der Waals surface area contributed by atoms with Gasteiger partial charge in [-0.15, -0.1) is 0 Å². The molecule has 0 aliphatic carbocycles. The van der Waals surface area contributed by atoms with E-state index in [1.807, 2.05) is 13.8 Å². The quantitative estimate of drug-likeness (QED) is 0.827. The zero-order valence-electron chi connectivity index (χ0n) is 11.0. The van der Waals surface area contributed by atoms with Gasteiger partial charge < -0.3 is 15.8 Å². The van der Waals surface area contributed by atoms with Gasteiger partial charge in [-0.2, -0.15) is 0 Å². The topological polar surface area (TPSA) is 81.4 Å². The van der Waals surface area contributed by atoms with Crippen molar-refractivity contribution in [1.29, 1.82) is 0 Å². The van der Waals surface area contributed by atoms with Crippen LogP contribution in [0.15, 0.2) is 12.1 Å². The Balaban J connectivity index is 2.44. The van der Waals surface area contributed by atoms with Crippen LogP contribution in [0.25, 0.3) is 0 Å². The molecule has 6 heteroatoms. The molecule has 0 aromatic heterocycles. The molecule has 1 aromatic carbocycles. The van der Waals surface area contributed by atoms with Gasteiger partial charge in [0.1, 0.15) is 5.75 Å². The van der Waals surface area contributed by atoms with Crippen molar-refractivity contribution in [3.63, 3.8) is 0 Å². The fourth-order valence-electron chi connectivity index (χ4n) is 1.51. The number of carbonyl (C=O) groups excluding carboxylic acids is 2. The molecule has 0 bridgehead atoms. The van der Waals surface area contributed by atoms with Crippen molar-refractivity contribution in [1.82, 2.24) is 5.32 Å². The Bertz CT molecular complexity index is 466. The predicted molar refractivity (Wildman–Crippen MR) is 73.2 cm³/mol. The Morgan fingerprint density at radius 3 is 2.42 bits per heavy atom. The smallest absolute Gasteiger partial charge is 0.257 e. The van der Waals surface area contributed by atoms with Crippen molar-refractivity contribution in [3.05, 3.63) is 28.3 Å². The van der Waals surface area contributed by atoms with Crippen LogP contribution in [0.5, 0.6) is 5.75 Å². The summed E-state index contributed by atoms with van der Waals surface area (Å²) in [7, 11) is 0. The summed E-state index contributed by atoms with van der Waals surface area (Å²) in [5.74, 6) is -0.166. The van der Waals surface area contributed by atoms with Crippen LogP contribution < -0.4 is 15.8 Å². The largest absolute Gasteiger partial charge is 0.484 e. The molecule has 0 unspecified atom stereocenters. The van der Waals surface area contributed by atoms with E-state index in [0.717, 1.165) is 11.1 Å². The molecule has 0 aliphatic heterocycles. The summed E-state index contributed by atoms with van der Waals surface area (Å²) >= 11 is 6.03. The van der Waals surface area contributed by atoms with Crippen molar-refractivity contribution in [3.8, 4) is 5.75 Å². The number of ether oxygens (including phenoxy) is 1. The van der Waals surface area contributed by atoms with Gasteiger partial charge in [-0.05, 0) is 37.1 Å². The van der Waals surface area contributed by atoms with Crippen LogP contribution in [0.4, 0.5) is 0 Å². The van der Waals surface area contributed by atoms with E-state index >= 15 is 0 Å². The molecule has 0 saturated carbocycles. The summed E-state index contributed by atoms with van der Waals surface area (Å²) in [5.41, 5.74) is 6.75. The number of hydrogen-bond donors (Lipinski definition) is 2. The predicted octanol–water partition coefficient (Wildman–Crippen LogP) is 1.33. The molecule has 0 saturated heterocycles. The molecule has 0 spiro atoms. The maximum Gasteiger partial charge on any atom is 0.257 e. The van der Waals surface area contributed by atoms with E-state index in [9.17, 15) is 9.59 Å². The number of amides is 2. The van der Waals surface area contributed by atoms with Gasteiger partial charge in [0.05, 0.1) is 0 Å². The van der Waals surface area contributed by atoms with Gasteiger partial charge >= 0.3 is 0 Å². The fourth-order valence-corrected chi connectivity index (χ4v) is 1.62. The third kappa shape index (κ3) is 5.18. The van der Waals surface area contributed by atoms with E-state index < -0.39 is 5.91 Å². The highest BCUT2D eigenvalue weighted by Crippen LogP contribution is 2.25. The number of nitrogens with two attached hydrogens (primary N) is 1. The Kier molecular flexibility index (Phi) is 5.63. The lowest BCUT2D eigenvalue weighted by molar-refractivity contribution is -0.123. The monoisotopic (exact) mass is 284 g/mol. The summed E-state index contributed by atoms with van der Waals surface area (Å²) in [5, 5.41) is 3.23. The average molecular weight is 285 g/mol. The molecule has 0 atom stereocenters. The second-order valence-electron chi connectivity index (χ2n) is 4.23. The number of aryl methyl sites for hydroxylation is 2. The summed E-state index contributed by atoms with van der Waals surface area (Å²) < 4.78 is 5.36. The second kappa shape index (κ2) is 6.99. The minimum atomic E-state index is -0.454. The lowest BCUT2D eigenvalue weighted by atomic mass is 10.1. The standard InChI is InChI=1S/C13H17ClN2O3/c1-8-5-10(6-9(2)13(8)14)19-7-12(18)16-4-3-11(15)17/h5-6H,3-4,7H2,1-2H3,(H2,15,17)(H,16,18). The van der Waals surface area contributed by atoms with E-state index in [-0.39, 0.29) is 25.5 Å². The van der Waals surface area contributed by atoms with Crippen molar-refractivity contribution < 1.29 is 14.3 Å². The molecule has 0 radical (unpaired) electrons. The van der Waals surface area contributed by atoms with E-state index in [1.165, 1.54) is 0 Å². The fraction of sp³-hybridized carbons (Fsp3) is 0.385. The molecule has 0 aliphatic rings. The van der Waals surface area contributed by atoms with Crippen molar-refractivity contribution in [2.75, 3.05) is 13.2 Å². The number of hydrogen-bond acceptors (Lipinski definition) is 3. The van der Waals surface area contributed by atoms with Gasteiger partial charge in [-0.25, -0.2) is 0 Å². The average Bonchev–Trinajstić information content (AvgIpc) is 2.32. The molecule has 3 N–H and O–H groups in total.